The number of halogens is 2. The molecule has 3 rings (SSSR count). The predicted octanol–water partition coefficient (Wildman–Crippen LogP) is 5.15. The second-order valence-corrected chi connectivity index (χ2v) is 8.64. The number of pyridine rings is 1. The van der Waals surface area contributed by atoms with Gasteiger partial charge in [-0.1, -0.05) is 49.2 Å². The first kappa shape index (κ1) is 25.4. The minimum absolute atomic E-state index is 0.0105. The third-order valence-corrected chi connectivity index (χ3v) is 6.03. The van der Waals surface area contributed by atoms with Gasteiger partial charge in [0.25, 0.3) is 0 Å². The molecule has 0 saturated heterocycles. The van der Waals surface area contributed by atoms with Crippen LogP contribution in [0.3, 0.4) is 0 Å². The quantitative estimate of drug-likeness (QED) is 0.289. The van der Waals surface area contributed by atoms with Crippen LogP contribution in [0.1, 0.15) is 25.8 Å². The second kappa shape index (κ2) is 12.8. The topological polar surface area (TPSA) is 69.4 Å². The van der Waals surface area contributed by atoms with Gasteiger partial charge in [-0.25, -0.2) is 0 Å². The van der Waals surface area contributed by atoms with Gasteiger partial charge in [-0.05, 0) is 50.3 Å². The Balaban J connectivity index is 1.47. The molecule has 0 aliphatic rings. The lowest BCUT2D eigenvalue weighted by atomic mass is 10.2. The Morgan fingerprint density at radius 3 is 2.64 bits per heavy atom. The SMILES string of the molecule is CCN(CC)CCOc1c(Cl)cc(Cl)cc1CNCCCNc1cc(=O)c2ccccc2[nH]1. The zero-order valence-corrected chi connectivity index (χ0v) is 20.7. The van der Waals surface area contributed by atoms with E-state index in [2.05, 4.69) is 34.4 Å². The molecule has 3 N–H and O–H groups in total. The molecule has 1 heterocycles. The van der Waals surface area contributed by atoms with Gasteiger partial charge in [-0.2, -0.15) is 0 Å². The molecule has 0 amide bonds. The van der Waals surface area contributed by atoms with E-state index in [1.54, 1.807) is 12.1 Å². The number of hydrogen-bond donors (Lipinski definition) is 3. The summed E-state index contributed by atoms with van der Waals surface area (Å²) in [4.78, 5) is 17.8. The molecule has 6 nitrogen and oxygen atoms in total. The van der Waals surface area contributed by atoms with Crippen LogP contribution < -0.4 is 20.8 Å². The summed E-state index contributed by atoms with van der Waals surface area (Å²) in [5.41, 5.74) is 1.78. The van der Waals surface area contributed by atoms with Gasteiger partial charge < -0.3 is 25.3 Å². The van der Waals surface area contributed by atoms with Gasteiger partial charge in [0.2, 0.25) is 0 Å². The minimum atomic E-state index is 0.0105. The van der Waals surface area contributed by atoms with Crippen molar-refractivity contribution >= 4 is 39.9 Å². The maximum atomic E-state index is 12.2. The Kier molecular flexibility index (Phi) is 9.88. The van der Waals surface area contributed by atoms with Crippen molar-refractivity contribution in [1.82, 2.24) is 15.2 Å². The fourth-order valence-electron chi connectivity index (χ4n) is 3.67. The van der Waals surface area contributed by atoms with Crippen LogP contribution in [0.4, 0.5) is 5.82 Å². The van der Waals surface area contributed by atoms with Crippen molar-refractivity contribution in [3.05, 3.63) is 68.3 Å². The average Bonchev–Trinajstić information content (AvgIpc) is 2.80. The highest BCUT2D eigenvalue weighted by molar-refractivity contribution is 6.35. The number of para-hydroxylation sites is 1. The van der Waals surface area contributed by atoms with Crippen molar-refractivity contribution in [3.63, 3.8) is 0 Å². The highest BCUT2D eigenvalue weighted by atomic mass is 35.5. The molecule has 2 aromatic carbocycles. The van der Waals surface area contributed by atoms with E-state index >= 15 is 0 Å². The third-order valence-electron chi connectivity index (χ3n) is 5.53. The van der Waals surface area contributed by atoms with E-state index in [-0.39, 0.29) is 5.43 Å². The lowest BCUT2D eigenvalue weighted by Crippen LogP contribution is -2.28. The minimum Gasteiger partial charge on any atom is -0.490 e. The number of fused-ring (bicyclic) bond motifs is 1. The Bertz CT molecular complexity index is 1100. The van der Waals surface area contributed by atoms with Crippen molar-refractivity contribution < 1.29 is 4.74 Å². The van der Waals surface area contributed by atoms with E-state index in [1.165, 1.54) is 0 Å². The van der Waals surface area contributed by atoms with Crippen LogP contribution in [-0.4, -0.2) is 49.2 Å². The largest absolute Gasteiger partial charge is 0.490 e. The second-order valence-electron chi connectivity index (χ2n) is 7.80. The number of ether oxygens (including phenoxy) is 1. The summed E-state index contributed by atoms with van der Waals surface area (Å²) in [6.45, 7) is 9.80. The fraction of sp³-hybridized carbons (Fsp3) is 0.400. The molecule has 0 saturated carbocycles. The lowest BCUT2D eigenvalue weighted by molar-refractivity contribution is 0.221. The third kappa shape index (κ3) is 7.37. The average molecular weight is 491 g/mol. The number of anilines is 1. The molecular weight excluding hydrogens is 459 g/mol. The van der Waals surface area contributed by atoms with Crippen LogP contribution in [0.15, 0.2) is 47.3 Å². The molecule has 0 fully saturated rings. The molecular formula is C25H32Cl2N4O2. The number of nitrogens with zero attached hydrogens (tertiary/aromatic N) is 1. The zero-order chi connectivity index (χ0) is 23.6. The summed E-state index contributed by atoms with van der Waals surface area (Å²) < 4.78 is 6.02. The summed E-state index contributed by atoms with van der Waals surface area (Å²) in [7, 11) is 0. The number of rotatable bonds is 13. The summed E-state index contributed by atoms with van der Waals surface area (Å²) in [5, 5.41) is 8.53. The predicted molar refractivity (Wildman–Crippen MR) is 139 cm³/mol. The monoisotopic (exact) mass is 490 g/mol. The van der Waals surface area contributed by atoms with Crippen molar-refractivity contribution in [3.8, 4) is 5.75 Å². The van der Waals surface area contributed by atoms with Crippen molar-refractivity contribution in [2.75, 3.05) is 44.6 Å². The molecule has 0 atom stereocenters. The summed E-state index contributed by atoms with van der Waals surface area (Å²) >= 11 is 12.6. The molecule has 1 aromatic heterocycles. The Morgan fingerprint density at radius 2 is 1.85 bits per heavy atom. The standard InChI is InChI=1S/C25H32Cl2N4O2/c1-3-31(4-2)12-13-33-25-18(14-19(26)15-21(25)27)17-28-10-7-11-29-24-16-23(32)20-8-5-6-9-22(20)30-24/h5-6,8-9,14-16,28H,3-4,7,10-13,17H2,1-2H3,(H2,29,30,32). The van der Waals surface area contributed by atoms with Crippen molar-refractivity contribution in [1.29, 1.82) is 0 Å². The zero-order valence-electron chi connectivity index (χ0n) is 19.2. The summed E-state index contributed by atoms with van der Waals surface area (Å²) in [6.07, 6.45) is 0.876. The van der Waals surface area contributed by atoms with E-state index in [4.69, 9.17) is 27.9 Å². The molecule has 0 spiro atoms. The van der Waals surface area contributed by atoms with Crippen molar-refractivity contribution in [2.45, 2.75) is 26.8 Å². The van der Waals surface area contributed by atoms with Crippen LogP contribution in [0.25, 0.3) is 10.9 Å². The lowest BCUT2D eigenvalue weighted by Gasteiger charge is -2.20. The van der Waals surface area contributed by atoms with Gasteiger partial charge in [0.05, 0.1) is 10.5 Å². The smallest absolute Gasteiger partial charge is 0.191 e. The normalized spacial score (nSPS) is 11.3. The van der Waals surface area contributed by atoms with Crippen LogP contribution in [0, 0.1) is 0 Å². The van der Waals surface area contributed by atoms with E-state index in [1.807, 2.05) is 30.3 Å². The van der Waals surface area contributed by atoms with E-state index in [0.29, 0.717) is 34.3 Å². The molecule has 8 heteroatoms. The molecule has 33 heavy (non-hydrogen) atoms. The molecule has 0 aliphatic carbocycles. The van der Waals surface area contributed by atoms with Crippen LogP contribution in [0.2, 0.25) is 10.0 Å². The van der Waals surface area contributed by atoms with Gasteiger partial charge in [-0.3, -0.25) is 4.79 Å². The maximum Gasteiger partial charge on any atom is 0.191 e. The van der Waals surface area contributed by atoms with Gasteiger partial charge >= 0.3 is 0 Å². The van der Waals surface area contributed by atoms with Gasteiger partial charge in [0.15, 0.2) is 5.43 Å². The fourth-order valence-corrected chi connectivity index (χ4v) is 4.27. The van der Waals surface area contributed by atoms with Crippen LogP contribution in [0.5, 0.6) is 5.75 Å². The highest BCUT2D eigenvalue weighted by Crippen LogP contribution is 2.32. The number of hydrogen-bond acceptors (Lipinski definition) is 5. The van der Waals surface area contributed by atoms with Crippen LogP contribution >= 0.6 is 23.2 Å². The maximum absolute atomic E-state index is 12.2. The summed E-state index contributed by atoms with van der Waals surface area (Å²) in [6, 6.07) is 12.7. The van der Waals surface area contributed by atoms with Crippen LogP contribution in [-0.2, 0) is 6.54 Å². The first-order chi connectivity index (χ1) is 16.0. The number of H-pyrrole nitrogens is 1. The molecule has 178 valence electrons. The Morgan fingerprint density at radius 1 is 1.06 bits per heavy atom. The van der Waals surface area contributed by atoms with Gasteiger partial charge in [-0.15, -0.1) is 0 Å². The van der Waals surface area contributed by atoms with Crippen molar-refractivity contribution in [2.24, 2.45) is 0 Å². The summed E-state index contributed by atoms with van der Waals surface area (Å²) in [5.74, 6) is 1.41. The van der Waals surface area contributed by atoms with E-state index in [0.717, 1.165) is 56.0 Å². The first-order valence-corrected chi connectivity index (χ1v) is 12.2. The highest BCUT2D eigenvalue weighted by Gasteiger charge is 2.11. The van der Waals surface area contributed by atoms with E-state index < -0.39 is 0 Å². The molecule has 0 aliphatic heterocycles. The van der Waals surface area contributed by atoms with Gasteiger partial charge in [0.1, 0.15) is 18.2 Å². The number of nitrogens with one attached hydrogen (secondary N) is 3. The Labute approximate surface area is 205 Å². The number of aromatic amines is 1. The van der Waals surface area contributed by atoms with Gasteiger partial charge in [0, 0.05) is 41.7 Å². The first-order valence-electron chi connectivity index (χ1n) is 11.4. The number of aromatic nitrogens is 1. The molecule has 0 bridgehead atoms. The number of likely N-dealkylation sites (N-methyl/N-ethyl adjacent to an activating group) is 1. The molecule has 0 radical (unpaired) electrons. The molecule has 0 unspecified atom stereocenters. The number of benzene rings is 2. The molecule has 3 aromatic rings. The van der Waals surface area contributed by atoms with E-state index in [9.17, 15) is 4.79 Å². The Hall–Kier alpha value is -2.25.